The summed E-state index contributed by atoms with van der Waals surface area (Å²) < 4.78 is 5.65. The minimum Gasteiger partial charge on any atom is -0.376 e. The van der Waals surface area contributed by atoms with E-state index in [2.05, 4.69) is 0 Å². The summed E-state index contributed by atoms with van der Waals surface area (Å²) in [6, 6.07) is 16.5. The topological polar surface area (TPSA) is 49.9 Å². The average molecular weight is 397 g/mol. The molecule has 1 fully saturated rings. The summed E-state index contributed by atoms with van der Waals surface area (Å²) >= 11 is 6.01. The highest BCUT2D eigenvalue weighted by atomic mass is 35.5. The van der Waals surface area contributed by atoms with Crippen LogP contribution in [0, 0.1) is 0 Å². The number of hydrogen-bond acceptors (Lipinski definition) is 4. The molecular formula is C22H21ClN2O3. The maximum Gasteiger partial charge on any atom is 0.278 e. The maximum absolute atomic E-state index is 13.3. The van der Waals surface area contributed by atoms with E-state index >= 15 is 0 Å². The fourth-order valence-corrected chi connectivity index (χ4v) is 3.82. The Morgan fingerprint density at radius 3 is 2.43 bits per heavy atom. The van der Waals surface area contributed by atoms with Crippen LogP contribution in [0.4, 0.5) is 5.69 Å². The van der Waals surface area contributed by atoms with Gasteiger partial charge in [0, 0.05) is 24.4 Å². The van der Waals surface area contributed by atoms with Gasteiger partial charge in [-0.1, -0.05) is 41.9 Å². The standard InChI is InChI=1S/C22H21ClN2O3/c1-24(17-6-3-2-4-7-17)20-19(15-9-11-16(23)12-10-15)21(26)25(22(20)27)14-18-8-5-13-28-18/h2-4,6-7,9-12,18H,5,8,13-14H2,1H3. The summed E-state index contributed by atoms with van der Waals surface area (Å²) in [6.45, 7) is 0.954. The molecule has 0 N–H and O–H groups in total. The van der Waals surface area contributed by atoms with Crippen molar-refractivity contribution in [2.45, 2.75) is 18.9 Å². The van der Waals surface area contributed by atoms with Crippen molar-refractivity contribution in [3.8, 4) is 0 Å². The third-order valence-corrected chi connectivity index (χ3v) is 5.42. The molecule has 0 aromatic heterocycles. The lowest BCUT2D eigenvalue weighted by Crippen LogP contribution is -2.39. The van der Waals surface area contributed by atoms with Crippen molar-refractivity contribution in [1.82, 2.24) is 4.90 Å². The fourth-order valence-electron chi connectivity index (χ4n) is 3.69. The monoisotopic (exact) mass is 396 g/mol. The second-order valence-electron chi connectivity index (χ2n) is 6.98. The van der Waals surface area contributed by atoms with Crippen LogP contribution in [0.3, 0.4) is 0 Å². The van der Waals surface area contributed by atoms with Crippen LogP contribution >= 0.6 is 11.6 Å². The van der Waals surface area contributed by atoms with Gasteiger partial charge in [-0.2, -0.15) is 0 Å². The Balaban J connectivity index is 1.76. The predicted octanol–water partition coefficient (Wildman–Crippen LogP) is 3.74. The van der Waals surface area contributed by atoms with Gasteiger partial charge in [-0.25, -0.2) is 0 Å². The van der Waals surface area contributed by atoms with Crippen LogP contribution in [-0.4, -0.2) is 43.0 Å². The molecule has 2 aromatic carbocycles. The molecule has 0 spiro atoms. The van der Waals surface area contributed by atoms with Gasteiger partial charge in [-0.15, -0.1) is 0 Å². The Morgan fingerprint density at radius 1 is 1.07 bits per heavy atom. The molecule has 2 aromatic rings. The van der Waals surface area contributed by atoms with Gasteiger partial charge in [0.25, 0.3) is 11.8 Å². The Labute approximate surface area is 169 Å². The molecular weight excluding hydrogens is 376 g/mol. The zero-order valence-corrected chi connectivity index (χ0v) is 16.4. The van der Waals surface area contributed by atoms with Crippen molar-refractivity contribution in [1.29, 1.82) is 0 Å². The van der Waals surface area contributed by atoms with Crippen molar-refractivity contribution in [2.75, 3.05) is 25.1 Å². The number of imide groups is 1. The molecule has 28 heavy (non-hydrogen) atoms. The van der Waals surface area contributed by atoms with Crippen molar-refractivity contribution in [3.63, 3.8) is 0 Å². The molecule has 1 unspecified atom stereocenters. The number of carbonyl (C=O) groups excluding carboxylic acids is 2. The van der Waals surface area contributed by atoms with Gasteiger partial charge in [0.2, 0.25) is 0 Å². The molecule has 1 atom stereocenters. The molecule has 5 nitrogen and oxygen atoms in total. The zero-order chi connectivity index (χ0) is 19.7. The summed E-state index contributed by atoms with van der Waals surface area (Å²) in [6.07, 6.45) is 1.72. The summed E-state index contributed by atoms with van der Waals surface area (Å²) in [5, 5.41) is 0.579. The molecule has 1 saturated heterocycles. The largest absolute Gasteiger partial charge is 0.376 e. The number of rotatable bonds is 5. The van der Waals surface area contributed by atoms with E-state index in [-0.39, 0.29) is 24.5 Å². The SMILES string of the molecule is CN(C1=C(c2ccc(Cl)cc2)C(=O)N(CC2CCCO2)C1=O)c1ccccc1. The number of para-hydroxylation sites is 1. The van der Waals surface area contributed by atoms with E-state index in [0.29, 0.717) is 28.5 Å². The maximum atomic E-state index is 13.3. The van der Waals surface area contributed by atoms with Crippen LogP contribution in [0.1, 0.15) is 18.4 Å². The first-order chi connectivity index (χ1) is 13.6. The highest BCUT2D eigenvalue weighted by Gasteiger charge is 2.42. The molecule has 0 radical (unpaired) electrons. The Hall–Kier alpha value is -2.63. The summed E-state index contributed by atoms with van der Waals surface area (Å²) in [4.78, 5) is 29.7. The Bertz CT molecular complexity index is 919. The van der Waals surface area contributed by atoms with Crippen LogP contribution in [0.2, 0.25) is 5.02 Å². The number of nitrogens with zero attached hydrogens (tertiary/aromatic N) is 2. The molecule has 2 aliphatic rings. The van der Waals surface area contributed by atoms with E-state index in [1.54, 1.807) is 36.2 Å². The van der Waals surface area contributed by atoms with Crippen LogP contribution in [0.5, 0.6) is 0 Å². The number of halogens is 1. The number of anilines is 1. The second kappa shape index (κ2) is 7.78. The molecule has 2 amide bonds. The van der Waals surface area contributed by atoms with Gasteiger partial charge in [0.1, 0.15) is 5.70 Å². The molecule has 0 bridgehead atoms. The molecule has 0 saturated carbocycles. The molecule has 144 valence electrons. The first kappa shape index (κ1) is 18.7. The number of likely N-dealkylation sites (N-methyl/N-ethyl adjacent to an activating group) is 1. The highest BCUT2D eigenvalue weighted by Crippen LogP contribution is 2.34. The molecule has 4 rings (SSSR count). The van der Waals surface area contributed by atoms with Gasteiger partial charge in [-0.3, -0.25) is 14.5 Å². The third kappa shape index (κ3) is 3.43. The molecule has 6 heteroatoms. The minimum atomic E-state index is -0.295. The van der Waals surface area contributed by atoms with Crippen LogP contribution < -0.4 is 4.90 Å². The first-order valence-electron chi connectivity index (χ1n) is 9.33. The third-order valence-electron chi connectivity index (χ3n) is 5.17. The van der Waals surface area contributed by atoms with Gasteiger partial charge in [0.05, 0.1) is 18.2 Å². The van der Waals surface area contributed by atoms with Crippen molar-refractivity contribution in [2.24, 2.45) is 0 Å². The average Bonchev–Trinajstić information content (AvgIpc) is 3.31. The van der Waals surface area contributed by atoms with E-state index in [9.17, 15) is 9.59 Å². The van der Waals surface area contributed by atoms with E-state index < -0.39 is 0 Å². The fraction of sp³-hybridized carbons (Fsp3) is 0.273. The second-order valence-corrected chi connectivity index (χ2v) is 7.42. The van der Waals surface area contributed by atoms with E-state index in [1.807, 2.05) is 30.3 Å². The predicted molar refractivity (Wildman–Crippen MR) is 109 cm³/mol. The summed E-state index contributed by atoms with van der Waals surface area (Å²) in [7, 11) is 1.81. The molecule has 2 heterocycles. The van der Waals surface area contributed by atoms with Crippen LogP contribution in [0.15, 0.2) is 60.3 Å². The van der Waals surface area contributed by atoms with Gasteiger partial charge in [0.15, 0.2) is 0 Å². The van der Waals surface area contributed by atoms with Crippen molar-refractivity contribution < 1.29 is 14.3 Å². The molecule has 0 aliphatic carbocycles. The van der Waals surface area contributed by atoms with Crippen LogP contribution in [0.25, 0.3) is 5.57 Å². The van der Waals surface area contributed by atoms with Gasteiger partial charge >= 0.3 is 0 Å². The molecule has 2 aliphatic heterocycles. The number of hydrogen-bond donors (Lipinski definition) is 0. The number of carbonyl (C=O) groups is 2. The zero-order valence-electron chi connectivity index (χ0n) is 15.6. The normalized spacial score (nSPS) is 19.6. The van der Waals surface area contributed by atoms with E-state index in [0.717, 1.165) is 18.5 Å². The highest BCUT2D eigenvalue weighted by molar-refractivity contribution is 6.37. The lowest BCUT2D eigenvalue weighted by molar-refractivity contribution is -0.138. The van der Waals surface area contributed by atoms with Crippen LogP contribution in [-0.2, 0) is 14.3 Å². The lowest BCUT2D eigenvalue weighted by atomic mass is 10.0. The Kier molecular flexibility index (Phi) is 5.20. The Morgan fingerprint density at radius 2 is 1.79 bits per heavy atom. The number of benzene rings is 2. The number of ether oxygens (including phenoxy) is 1. The quantitative estimate of drug-likeness (QED) is 0.722. The van der Waals surface area contributed by atoms with E-state index in [1.165, 1.54) is 4.90 Å². The minimum absolute atomic E-state index is 0.0965. The smallest absolute Gasteiger partial charge is 0.278 e. The van der Waals surface area contributed by atoms with Gasteiger partial charge in [-0.05, 0) is 42.7 Å². The number of amides is 2. The lowest BCUT2D eigenvalue weighted by Gasteiger charge is -2.22. The summed E-state index contributed by atoms with van der Waals surface area (Å²) in [5.74, 6) is -0.586. The summed E-state index contributed by atoms with van der Waals surface area (Å²) in [5.41, 5.74) is 2.28. The van der Waals surface area contributed by atoms with E-state index in [4.69, 9.17) is 16.3 Å². The van der Waals surface area contributed by atoms with Gasteiger partial charge < -0.3 is 9.64 Å². The first-order valence-corrected chi connectivity index (χ1v) is 9.71. The van der Waals surface area contributed by atoms with Crippen molar-refractivity contribution >= 4 is 34.7 Å². The van der Waals surface area contributed by atoms with Crippen molar-refractivity contribution in [3.05, 3.63) is 70.9 Å².